The maximum atomic E-state index is 11.5. The van der Waals surface area contributed by atoms with Gasteiger partial charge in [0.05, 0.1) is 5.75 Å². The molecule has 0 radical (unpaired) electrons. The molecule has 1 aromatic rings. The summed E-state index contributed by atoms with van der Waals surface area (Å²) in [5, 5.41) is 3.14. The van der Waals surface area contributed by atoms with Crippen LogP contribution in [-0.4, -0.2) is 31.9 Å². The molecular weight excluding hydrogens is 264 g/mol. The van der Waals surface area contributed by atoms with Crippen molar-refractivity contribution in [3.8, 4) is 0 Å². The summed E-state index contributed by atoms with van der Waals surface area (Å²) in [4.78, 5) is 11.0. The van der Waals surface area contributed by atoms with Gasteiger partial charge < -0.3 is 11.1 Å². The molecule has 6 heteroatoms. The summed E-state index contributed by atoms with van der Waals surface area (Å²) >= 11 is 0. The Morgan fingerprint density at radius 1 is 1.42 bits per heavy atom. The highest BCUT2D eigenvalue weighted by Crippen LogP contribution is 2.17. The molecule has 1 rings (SSSR count). The van der Waals surface area contributed by atoms with Crippen LogP contribution in [0.5, 0.6) is 0 Å². The highest BCUT2D eigenvalue weighted by atomic mass is 32.2. The summed E-state index contributed by atoms with van der Waals surface area (Å²) in [6.45, 7) is 5.29. The van der Waals surface area contributed by atoms with E-state index in [9.17, 15) is 13.2 Å². The Hall–Kier alpha value is -1.56. The van der Waals surface area contributed by atoms with Gasteiger partial charge >= 0.3 is 0 Å². The summed E-state index contributed by atoms with van der Waals surface area (Å²) in [7, 11) is -3.01. The van der Waals surface area contributed by atoms with Crippen molar-refractivity contribution in [2.75, 3.05) is 16.8 Å². The minimum absolute atomic E-state index is 0.0838. The van der Waals surface area contributed by atoms with Crippen LogP contribution in [0, 0.1) is 6.92 Å². The van der Waals surface area contributed by atoms with Crippen molar-refractivity contribution in [3.05, 3.63) is 29.3 Å². The van der Waals surface area contributed by atoms with Crippen molar-refractivity contribution in [1.29, 1.82) is 0 Å². The van der Waals surface area contributed by atoms with E-state index in [2.05, 4.69) is 5.32 Å². The molecule has 1 atom stereocenters. The molecule has 0 fully saturated rings. The second-order valence-corrected chi connectivity index (χ2v) is 7.04. The molecule has 5 nitrogen and oxygen atoms in total. The first kappa shape index (κ1) is 15.5. The third-order valence-corrected chi connectivity index (χ3v) is 4.74. The Balaban J connectivity index is 2.80. The van der Waals surface area contributed by atoms with Crippen molar-refractivity contribution in [2.45, 2.75) is 26.8 Å². The van der Waals surface area contributed by atoms with E-state index in [0.717, 1.165) is 11.3 Å². The first-order valence-electron chi connectivity index (χ1n) is 6.12. The van der Waals surface area contributed by atoms with Crippen LogP contribution in [0.15, 0.2) is 18.2 Å². The molecule has 0 bridgehead atoms. The number of aryl methyl sites for hydroxylation is 1. The fourth-order valence-corrected chi connectivity index (χ4v) is 2.87. The second kappa shape index (κ2) is 6.06. The summed E-state index contributed by atoms with van der Waals surface area (Å²) in [6.07, 6.45) is 0. The van der Waals surface area contributed by atoms with Gasteiger partial charge in [-0.25, -0.2) is 8.42 Å². The van der Waals surface area contributed by atoms with Gasteiger partial charge in [0.1, 0.15) is 0 Å². The number of hydrogen-bond donors (Lipinski definition) is 2. The summed E-state index contributed by atoms with van der Waals surface area (Å²) in [5.41, 5.74) is 7.31. The normalized spacial score (nSPS) is 13.0. The number of primary amides is 1. The van der Waals surface area contributed by atoms with Crippen molar-refractivity contribution >= 4 is 21.4 Å². The van der Waals surface area contributed by atoms with Gasteiger partial charge in [-0.3, -0.25) is 4.79 Å². The van der Waals surface area contributed by atoms with Crippen LogP contribution in [0.25, 0.3) is 0 Å². The van der Waals surface area contributed by atoms with Crippen molar-refractivity contribution < 1.29 is 13.2 Å². The number of carbonyl (C=O) groups is 1. The number of sulfone groups is 1. The van der Waals surface area contributed by atoms with Gasteiger partial charge in [0, 0.05) is 23.0 Å². The molecule has 0 aliphatic carbocycles. The Labute approximate surface area is 114 Å². The van der Waals surface area contributed by atoms with Crippen molar-refractivity contribution in [2.24, 2.45) is 5.73 Å². The average molecular weight is 284 g/mol. The van der Waals surface area contributed by atoms with Crippen LogP contribution in [0.3, 0.4) is 0 Å². The molecule has 0 spiro atoms. The van der Waals surface area contributed by atoms with E-state index in [1.807, 2.05) is 13.8 Å². The molecule has 1 aromatic carbocycles. The van der Waals surface area contributed by atoms with E-state index in [1.54, 1.807) is 25.1 Å². The highest BCUT2D eigenvalue weighted by Gasteiger charge is 2.14. The van der Waals surface area contributed by atoms with Crippen molar-refractivity contribution in [3.63, 3.8) is 0 Å². The number of carbonyl (C=O) groups excluding carboxylic acids is 1. The lowest BCUT2D eigenvalue weighted by Gasteiger charge is -2.17. The van der Waals surface area contributed by atoms with Gasteiger partial charge in [-0.2, -0.15) is 0 Å². The summed E-state index contributed by atoms with van der Waals surface area (Å²) in [6, 6.07) is 4.86. The van der Waals surface area contributed by atoms with Crippen LogP contribution in [-0.2, 0) is 9.84 Å². The molecule has 1 amide bonds. The maximum Gasteiger partial charge on any atom is 0.248 e. The number of nitrogens with one attached hydrogen (secondary N) is 1. The van der Waals surface area contributed by atoms with Gasteiger partial charge in [-0.15, -0.1) is 0 Å². The predicted octanol–water partition coefficient (Wildman–Crippen LogP) is 1.33. The molecule has 0 saturated carbocycles. The molecule has 1 unspecified atom stereocenters. The third kappa shape index (κ3) is 4.55. The molecule has 0 aliphatic heterocycles. The first-order chi connectivity index (χ1) is 8.75. The maximum absolute atomic E-state index is 11.5. The number of hydrogen-bond acceptors (Lipinski definition) is 4. The second-order valence-electron chi connectivity index (χ2n) is 4.64. The third-order valence-electron chi connectivity index (χ3n) is 2.86. The smallest absolute Gasteiger partial charge is 0.248 e. The topological polar surface area (TPSA) is 89.3 Å². The van der Waals surface area contributed by atoms with Crippen LogP contribution in [0.4, 0.5) is 5.69 Å². The number of nitrogens with two attached hydrogens (primary N) is 1. The monoisotopic (exact) mass is 284 g/mol. The van der Waals surface area contributed by atoms with Crippen LogP contribution in [0.2, 0.25) is 0 Å². The molecule has 0 heterocycles. The van der Waals surface area contributed by atoms with E-state index in [1.165, 1.54) is 0 Å². The zero-order chi connectivity index (χ0) is 14.6. The highest BCUT2D eigenvalue weighted by molar-refractivity contribution is 7.91. The van der Waals surface area contributed by atoms with Crippen molar-refractivity contribution in [1.82, 2.24) is 0 Å². The minimum atomic E-state index is -3.01. The van der Waals surface area contributed by atoms with E-state index >= 15 is 0 Å². The predicted molar refractivity (Wildman–Crippen MR) is 77.1 cm³/mol. The van der Waals surface area contributed by atoms with Crippen LogP contribution in [0.1, 0.15) is 29.8 Å². The Kier molecular flexibility index (Phi) is 4.94. The van der Waals surface area contributed by atoms with Gasteiger partial charge in [-0.05, 0) is 37.6 Å². The number of rotatable bonds is 6. The zero-order valence-electron chi connectivity index (χ0n) is 11.4. The molecule has 19 heavy (non-hydrogen) atoms. The summed E-state index contributed by atoms with van der Waals surface area (Å²) < 4.78 is 23.1. The molecule has 0 saturated heterocycles. The zero-order valence-corrected chi connectivity index (χ0v) is 12.3. The van der Waals surface area contributed by atoms with Gasteiger partial charge in [0.25, 0.3) is 0 Å². The Morgan fingerprint density at radius 2 is 2.05 bits per heavy atom. The number of benzene rings is 1. The van der Waals surface area contributed by atoms with E-state index in [0.29, 0.717) is 5.56 Å². The van der Waals surface area contributed by atoms with Gasteiger partial charge in [0.2, 0.25) is 5.91 Å². The fraction of sp³-hybridized carbons (Fsp3) is 0.462. The molecule has 3 N–H and O–H groups in total. The molecule has 106 valence electrons. The lowest BCUT2D eigenvalue weighted by Crippen LogP contribution is -2.27. The van der Waals surface area contributed by atoms with E-state index in [-0.39, 0.29) is 17.5 Å². The van der Waals surface area contributed by atoms with E-state index < -0.39 is 15.7 Å². The standard InChI is InChI=1S/C13H20N2O3S/c1-4-19(17,18)8-10(3)15-12-6-5-11(13(14)16)7-9(12)2/h5-7,10,15H,4,8H2,1-3H3,(H2,14,16). The quantitative estimate of drug-likeness (QED) is 0.824. The molecule has 0 aromatic heterocycles. The lowest BCUT2D eigenvalue weighted by molar-refractivity contribution is 0.1000. The lowest BCUT2D eigenvalue weighted by atomic mass is 10.1. The molecular formula is C13H20N2O3S. The van der Waals surface area contributed by atoms with Crippen LogP contribution < -0.4 is 11.1 Å². The van der Waals surface area contributed by atoms with E-state index in [4.69, 9.17) is 5.73 Å². The van der Waals surface area contributed by atoms with Gasteiger partial charge in [0.15, 0.2) is 9.84 Å². The fourth-order valence-electron chi connectivity index (χ4n) is 1.78. The number of anilines is 1. The Bertz CT molecular complexity index is 567. The van der Waals surface area contributed by atoms with Gasteiger partial charge in [-0.1, -0.05) is 6.92 Å². The average Bonchev–Trinajstić information content (AvgIpc) is 2.30. The summed E-state index contributed by atoms with van der Waals surface area (Å²) in [5.74, 6) is -0.254. The van der Waals surface area contributed by atoms with Crippen LogP contribution >= 0.6 is 0 Å². The Morgan fingerprint density at radius 3 is 2.53 bits per heavy atom. The molecule has 0 aliphatic rings. The minimum Gasteiger partial charge on any atom is -0.381 e. The SMILES string of the molecule is CCS(=O)(=O)CC(C)Nc1ccc(C(N)=O)cc1C. The number of amides is 1. The first-order valence-corrected chi connectivity index (χ1v) is 7.94. The largest absolute Gasteiger partial charge is 0.381 e.